The minimum Gasteiger partial charge on any atom is -0.356 e. The van der Waals surface area contributed by atoms with Crippen molar-refractivity contribution >= 4 is 17.4 Å². The number of carbonyl (C=O) groups excluding carboxylic acids is 1. The minimum absolute atomic E-state index is 0.0648. The second-order valence-electron chi connectivity index (χ2n) is 7.51. The van der Waals surface area contributed by atoms with Crippen molar-refractivity contribution in [2.75, 3.05) is 24.5 Å². The summed E-state index contributed by atoms with van der Waals surface area (Å²) in [6.45, 7) is 2.10. The van der Waals surface area contributed by atoms with Gasteiger partial charge >= 0.3 is 6.18 Å². The third-order valence-electron chi connectivity index (χ3n) is 5.51. The van der Waals surface area contributed by atoms with Crippen LogP contribution in [0, 0.1) is 5.41 Å². The lowest BCUT2D eigenvalue weighted by Gasteiger charge is -2.22. The van der Waals surface area contributed by atoms with Crippen LogP contribution >= 0.6 is 0 Å². The molecular weight excluding hydrogens is 387 g/mol. The van der Waals surface area contributed by atoms with Crippen LogP contribution in [0.5, 0.6) is 0 Å². The molecule has 3 aromatic rings. The maximum atomic E-state index is 13.0. The fourth-order valence-electron chi connectivity index (χ4n) is 4.02. The van der Waals surface area contributed by atoms with E-state index in [1.165, 1.54) is 10.6 Å². The monoisotopic (exact) mass is 403 g/mol. The van der Waals surface area contributed by atoms with Crippen molar-refractivity contribution in [2.24, 2.45) is 5.41 Å². The molecule has 29 heavy (non-hydrogen) atoms. The molecule has 1 unspecified atom stereocenters. The van der Waals surface area contributed by atoms with E-state index in [1.54, 1.807) is 12.3 Å². The molecule has 5 heterocycles. The first-order valence-corrected chi connectivity index (χ1v) is 9.08. The van der Waals surface area contributed by atoms with Crippen LogP contribution in [0.15, 0.2) is 30.9 Å². The molecule has 2 aliphatic heterocycles. The van der Waals surface area contributed by atoms with Crippen LogP contribution in [-0.4, -0.2) is 49.9 Å². The summed E-state index contributed by atoms with van der Waals surface area (Å²) >= 11 is 0. The van der Waals surface area contributed by atoms with Gasteiger partial charge in [-0.15, -0.1) is 0 Å². The summed E-state index contributed by atoms with van der Waals surface area (Å²) in [5.74, 6) is 1.01. The van der Waals surface area contributed by atoms with Gasteiger partial charge in [-0.2, -0.15) is 13.2 Å². The fraction of sp³-hybridized carbons (Fsp3) is 0.389. The largest absolute Gasteiger partial charge is 0.434 e. The first-order valence-electron chi connectivity index (χ1n) is 9.08. The van der Waals surface area contributed by atoms with Crippen LogP contribution in [0.3, 0.4) is 0 Å². The lowest BCUT2D eigenvalue weighted by Crippen LogP contribution is -2.29. The van der Waals surface area contributed by atoms with E-state index in [1.807, 2.05) is 0 Å². The summed E-state index contributed by atoms with van der Waals surface area (Å²) < 4.78 is 40.4. The molecule has 0 radical (unpaired) electrons. The summed E-state index contributed by atoms with van der Waals surface area (Å²) in [7, 11) is 0. The lowest BCUT2D eigenvalue weighted by atomic mass is 9.86. The van der Waals surface area contributed by atoms with Gasteiger partial charge in [0, 0.05) is 43.9 Å². The maximum absolute atomic E-state index is 13.0. The molecule has 1 atom stereocenters. The molecule has 0 bridgehead atoms. The SMILES string of the molecule is O=C1CC2(CCN(c3ccnc(-c4cnc5cnc(C(F)(F)F)cn45)n3)C2)CN1. The first kappa shape index (κ1) is 17.8. The molecule has 0 saturated carbocycles. The van der Waals surface area contributed by atoms with Gasteiger partial charge in [0.15, 0.2) is 17.2 Å². The number of carbonyl (C=O) groups is 1. The smallest absolute Gasteiger partial charge is 0.356 e. The predicted molar refractivity (Wildman–Crippen MR) is 95.9 cm³/mol. The van der Waals surface area contributed by atoms with Crippen molar-refractivity contribution in [3.05, 3.63) is 36.5 Å². The number of rotatable bonds is 2. The van der Waals surface area contributed by atoms with Gasteiger partial charge in [-0.1, -0.05) is 0 Å². The standard InChI is InChI=1S/C18H16F3N7O/c19-18(20,21)12-8-28-11(6-24-14(28)7-23-12)16-22-3-1-13(26-16)27-4-2-17(10-27)5-15(29)25-9-17/h1,3,6-8H,2,4-5,9-10H2,(H,25,29). The zero-order valence-corrected chi connectivity index (χ0v) is 15.1. The van der Waals surface area contributed by atoms with Crippen molar-refractivity contribution in [3.63, 3.8) is 0 Å². The molecule has 1 N–H and O–H groups in total. The van der Waals surface area contributed by atoms with Crippen LogP contribution in [0.25, 0.3) is 17.2 Å². The Morgan fingerprint density at radius 3 is 2.79 bits per heavy atom. The van der Waals surface area contributed by atoms with Crippen LogP contribution < -0.4 is 10.2 Å². The Kier molecular flexibility index (Phi) is 3.77. The Morgan fingerprint density at radius 1 is 1.17 bits per heavy atom. The number of nitrogens with zero attached hydrogens (tertiary/aromatic N) is 6. The Bertz CT molecular complexity index is 1110. The molecule has 2 aliphatic rings. The van der Waals surface area contributed by atoms with E-state index < -0.39 is 11.9 Å². The Balaban J connectivity index is 1.48. The number of imidazole rings is 1. The number of alkyl halides is 3. The molecule has 11 heteroatoms. The van der Waals surface area contributed by atoms with Gasteiger partial charge in [0.2, 0.25) is 5.91 Å². The Morgan fingerprint density at radius 2 is 2.03 bits per heavy atom. The van der Waals surface area contributed by atoms with Gasteiger partial charge in [0.1, 0.15) is 11.5 Å². The number of hydrogen-bond donors (Lipinski definition) is 1. The number of halogens is 3. The molecule has 0 aromatic carbocycles. The van der Waals surface area contributed by atoms with Gasteiger partial charge in [0.05, 0.1) is 12.4 Å². The van der Waals surface area contributed by atoms with Gasteiger partial charge in [-0.3, -0.25) is 9.20 Å². The van der Waals surface area contributed by atoms with E-state index in [0.29, 0.717) is 31.0 Å². The van der Waals surface area contributed by atoms with Crippen molar-refractivity contribution in [1.29, 1.82) is 0 Å². The number of nitrogens with one attached hydrogen (secondary N) is 1. The topological polar surface area (TPSA) is 88.3 Å². The number of amides is 1. The maximum Gasteiger partial charge on any atom is 0.434 e. The van der Waals surface area contributed by atoms with E-state index in [0.717, 1.165) is 25.4 Å². The van der Waals surface area contributed by atoms with Crippen LogP contribution in [0.2, 0.25) is 0 Å². The third kappa shape index (κ3) is 3.06. The zero-order valence-electron chi connectivity index (χ0n) is 15.1. The number of hydrogen-bond acceptors (Lipinski definition) is 6. The molecule has 1 spiro atoms. The Labute approximate surface area is 162 Å². The van der Waals surface area contributed by atoms with Gasteiger partial charge in [0.25, 0.3) is 0 Å². The summed E-state index contributed by atoms with van der Waals surface area (Å²) in [6, 6.07) is 1.76. The summed E-state index contributed by atoms with van der Waals surface area (Å²) in [5.41, 5.74) is -0.474. The summed E-state index contributed by atoms with van der Waals surface area (Å²) in [6.07, 6.45) is 1.80. The molecule has 150 valence electrons. The van der Waals surface area contributed by atoms with Crippen molar-refractivity contribution in [2.45, 2.75) is 19.0 Å². The highest BCUT2D eigenvalue weighted by atomic mass is 19.4. The van der Waals surface area contributed by atoms with Crippen LogP contribution in [0.4, 0.5) is 19.0 Å². The quantitative estimate of drug-likeness (QED) is 0.704. The Hall–Kier alpha value is -3.24. The second-order valence-corrected chi connectivity index (χ2v) is 7.51. The van der Waals surface area contributed by atoms with E-state index in [4.69, 9.17) is 0 Å². The van der Waals surface area contributed by atoms with Gasteiger partial charge in [-0.25, -0.2) is 19.9 Å². The molecule has 2 saturated heterocycles. The first-order chi connectivity index (χ1) is 13.8. The summed E-state index contributed by atoms with van der Waals surface area (Å²) in [5, 5.41) is 2.89. The van der Waals surface area contributed by atoms with E-state index in [9.17, 15) is 18.0 Å². The van der Waals surface area contributed by atoms with Crippen molar-refractivity contribution in [3.8, 4) is 11.5 Å². The van der Waals surface area contributed by atoms with Crippen LogP contribution in [-0.2, 0) is 11.0 Å². The molecule has 5 rings (SSSR count). The highest BCUT2D eigenvalue weighted by molar-refractivity contribution is 5.79. The molecule has 1 amide bonds. The van der Waals surface area contributed by atoms with E-state index in [2.05, 4.69) is 30.2 Å². The van der Waals surface area contributed by atoms with E-state index >= 15 is 0 Å². The number of anilines is 1. The average Bonchev–Trinajstić information content (AvgIpc) is 3.39. The molecule has 0 aliphatic carbocycles. The van der Waals surface area contributed by atoms with Gasteiger partial charge in [-0.05, 0) is 12.5 Å². The number of aromatic nitrogens is 5. The second kappa shape index (κ2) is 6.13. The normalized spacial score (nSPS) is 22.0. The highest BCUT2D eigenvalue weighted by Crippen LogP contribution is 2.38. The predicted octanol–water partition coefficient (Wildman–Crippen LogP) is 1.92. The number of fused-ring (bicyclic) bond motifs is 1. The zero-order chi connectivity index (χ0) is 20.2. The molecule has 8 nitrogen and oxygen atoms in total. The minimum atomic E-state index is -4.56. The molecular formula is C18H16F3N7O. The van der Waals surface area contributed by atoms with Crippen molar-refractivity contribution in [1.82, 2.24) is 29.7 Å². The van der Waals surface area contributed by atoms with Crippen LogP contribution in [0.1, 0.15) is 18.5 Å². The van der Waals surface area contributed by atoms with E-state index in [-0.39, 0.29) is 22.8 Å². The fourth-order valence-corrected chi connectivity index (χ4v) is 4.02. The van der Waals surface area contributed by atoms with Gasteiger partial charge < -0.3 is 10.2 Å². The average molecular weight is 403 g/mol. The third-order valence-corrected chi connectivity index (χ3v) is 5.51. The lowest BCUT2D eigenvalue weighted by molar-refractivity contribution is -0.141. The molecule has 2 fully saturated rings. The van der Waals surface area contributed by atoms with Crippen molar-refractivity contribution < 1.29 is 18.0 Å². The highest BCUT2D eigenvalue weighted by Gasteiger charge is 2.44. The summed E-state index contributed by atoms with van der Waals surface area (Å²) in [4.78, 5) is 30.0. The molecule has 3 aromatic heterocycles.